The average Bonchev–Trinajstić information content (AvgIpc) is 2.73. The molecular weight excluding hydrogens is 273 g/mol. The van der Waals surface area contributed by atoms with Gasteiger partial charge in [-0.15, -0.1) is 0 Å². The van der Waals surface area contributed by atoms with Crippen molar-refractivity contribution in [3.8, 4) is 0 Å². The largest absolute Gasteiger partial charge is 0.299 e. The summed E-state index contributed by atoms with van der Waals surface area (Å²) in [5.74, 6) is -2.00. The third-order valence-electron chi connectivity index (χ3n) is 4.31. The van der Waals surface area contributed by atoms with E-state index in [0.29, 0.717) is 0 Å². The molecule has 0 spiro atoms. The normalized spacial score (nSPS) is 19.0. The highest BCUT2D eigenvalue weighted by molar-refractivity contribution is 6.52. The van der Waals surface area contributed by atoms with Crippen LogP contribution in [0.2, 0.25) is 0 Å². The molecule has 1 amide bonds. The first-order chi connectivity index (χ1) is 10.1. The summed E-state index contributed by atoms with van der Waals surface area (Å²) in [5, 5.41) is 0. The molecule has 0 bridgehead atoms. The number of benzene rings is 1. The van der Waals surface area contributed by atoms with E-state index >= 15 is 0 Å². The van der Waals surface area contributed by atoms with Crippen LogP contribution in [0.5, 0.6) is 0 Å². The van der Waals surface area contributed by atoms with Crippen LogP contribution in [-0.4, -0.2) is 24.0 Å². The fourth-order valence-corrected chi connectivity index (χ4v) is 3.13. The lowest BCUT2D eigenvalue weighted by molar-refractivity contribution is -0.124. The van der Waals surface area contributed by atoms with Crippen molar-refractivity contribution in [1.82, 2.24) is 0 Å². The van der Waals surface area contributed by atoms with Crippen molar-refractivity contribution < 1.29 is 18.8 Å². The highest BCUT2D eigenvalue weighted by Crippen LogP contribution is 2.31. The van der Waals surface area contributed by atoms with E-state index in [4.69, 9.17) is 0 Å². The highest BCUT2D eigenvalue weighted by Gasteiger charge is 2.38. The molecule has 3 rings (SSSR count). The van der Waals surface area contributed by atoms with E-state index in [-0.39, 0.29) is 29.5 Å². The SMILES string of the molecule is O=C1C(=O)N(CC(=O)C2CCCCC2)c2cc(F)ccc21. The fraction of sp³-hybridized carbons (Fsp3) is 0.438. The van der Waals surface area contributed by atoms with Gasteiger partial charge in [0.25, 0.3) is 11.7 Å². The fourth-order valence-electron chi connectivity index (χ4n) is 3.13. The van der Waals surface area contributed by atoms with E-state index < -0.39 is 17.5 Å². The Balaban J connectivity index is 1.82. The first kappa shape index (κ1) is 13.9. The van der Waals surface area contributed by atoms with Gasteiger partial charge in [0.05, 0.1) is 17.8 Å². The zero-order chi connectivity index (χ0) is 15.0. The van der Waals surface area contributed by atoms with Gasteiger partial charge in [0, 0.05) is 5.92 Å². The maximum absolute atomic E-state index is 13.3. The van der Waals surface area contributed by atoms with Crippen LogP contribution in [-0.2, 0) is 9.59 Å². The average molecular weight is 289 g/mol. The number of amides is 1. The Morgan fingerprint density at radius 2 is 1.90 bits per heavy atom. The number of nitrogens with zero attached hydrogens (tertiary/aromatic N) is 1. The van der Waals surface area contributed by atoms with Crippen LogP contribution in [0.4, 0.5) is 10.1 Å². The van der Waals surface area contributed by atoms with Crippen LogP contribution in [0.15, 0.2) is 18.2 Å². The summed E-state index contributed by atoms with van der Waals surface area (Å²) < 4.78 is 13.3. The summed E-state index contributed by atoms with van der Waals surface area (Å²) in [4.78, 5) is 37.3. The minimum Gasteiger partial charge on any atom is -0.297 e. The minimum atomic E-state index is -0.736. The Morgan fingerprint density at radius 3 is 2.62 bits per heavy atom. The quantitative estimate of drug-likeness (QED) is 0.803. The van der Waals surface area contributed by atoms with Crippen molar-refractivity contribution in [2.45, 2.75) is 32.1 Å². The van der Waals surface area contributed by atoms with Gasteiger partial charge in [-0.1, -0.05) is 19.3 Å². The topological polar surface area (TPSA) is 54.5 Å². The van der Waals surface area contributed by atoms with Crippen molar-refractivity contribution in [2.24, 2.45) is 5.92 Å². The molecule has 1 aliphatic carbocycles. The third-order valence-corrected chi connectivity index (χ3v) is 4.31. The second-order valence-electron chi connectivity index (χ2n) is 5.68. The standard InChI is InChI=1S/C16H16FNO3/c17-11-6-7-12-13(8-11)18(16(21)15(12)20)9-14(19)10-4-2-1-3-5-10/h6-8,10H,1-5,9H2. The number of carbonyl (C=O) groups is 3. The first-order valence-corrected chi connectivity index (χ1v) is 7.26. The van der Waals surface area contributed by atoms with Gasteiger partial charge < -0.3 is 0 Å². The monoisotopic (exact) mass is 289 g/mol. The zero-order valence-electron chi connectivity index (χ0n) is 11.6. The van der Waals surface area contributed by atoms with Crippen molar-refractivity contribution in [2.75, 3.05) is 11.4 Å². The predicted molar refractivity (Wildman–Crippen MR) is 74.7 cm³/mol. The number of carbonyl (C=O) groups excluding carboxylic acids is 3. The van der Waals surface area contributed by atoms with E-state index in [9.17, 15) is 18.8 Å². The number of hydrogen-bond donors (Lipinski definition) is 0. The molecule has 1 aromatic carbocycles. The summed E-state index contributed by atoms with van der Waals surface area (Å²) in [6.45, 7) is -0.133. The molecule has 1 aliphatic heterocycles. The first-order valence-electron chi connectivity index (χ1n) is 7.26. The molecule has 0 saturated heterocycles. The van der Waals surface area contributed by atoms with Gasteiger partial charge >= 0.3 is 0 Å². The number of fused-ring (bicyclic) bond motifs is 1. The molecule has 110 valence electrons. The van der Waals surface area contributed by atoms with Crippen LogP contribution in [0, 0.1) is 11.7 Å². The zero-order valence-corrected chi connectivity index (χ0v) is 11.6. The summed E-state index contributed by atoms with van der Waals surface area (Å²) in [6.07, 6.45) is 4.86. The summed E-state index contributed by atoms with van der Waals surface area (Å²) >= 11 is 0. The van der Waals surface area contributed by atoms with Crippen molar-refractivity contribution in [3.05, 3.63) is 29.6 Å². The molecule has 0 unspecified atom stereocenters. The van der Waals surface area contributed by atoms with Crippen molar-refractivity contribution in [3.63, 3.8) is 0 Å². The lowest BCUT2D eigenvalue weighted by atomic mass is 9.86. The maximum Gasteiger partial charge on any atom is 0.299 e. The van der Waals surface area contributed by atoms with Crippen molar-refractivity contribution >= 4 is 23.2 Å². The van der Waals surface area contributed by atoms with E-state index in [2.05, 4.69) is 0 Å². The van der Waals surface area contributed by atoms with Gasteiger partial charge in [0.1, 0.15) is 5.82 Å². The Labute approximate surface area is 121 Å². The third kappa shape index (κ3) is 2.48. The smallest absolute Gasteiger partial charge is 0.297 e. The maximum atomic E-state index is 13.3. The molecule has 5 heteroatoms. The molecule has 0 atom stereocenters. The van der Waals surface area contributed by atoms with Gasteiger partial charge in [-0.3, -0.25) is 19.3 Å². The van der Waals surface area contributed by atoms with E-state index in [1.165, 1.54) is 6.07 Å². The Kier molecular flexibility index (Phi) is 3.57. The molecule has 1 fully saturated rings. The van der Waals surface area contributed by atoms with Gasteiger partial charge in [-0.25, -0.2) is 4.39 Å². The van der Waals surface area contributed by atoms with Gasteiger partial charge in [-0.05, 0) is 31.0 Å². The number of hydrogen-bond acceptors (Lipinski definition) is 3. The number of halogens is 1. The molecule has 4 nitrogen and oxygen atoms in total. The molecule has 1 saturated carbocycles. The van der Waals surface area contributed by atoms with E-state index in [0.717, 1.165) is 49.1 Å². The highest BCUT2D eigenvalue weighted by atomic mass is 19.1. The lowest BCUT2D eigenvalue weighted by Gasteiger charge is -2.23. The Hall–Kier alpha value is -2.04. The molecule has 21 heavy (non-hydrogen) atoms. The minimum absolute atomic E-state index is 0.0343. The van der Waals surface area contributed by atoms with Crippen LogP contribution in [0.25, 0.3) is 0 Å². The molecular formula is C16H16FNO3. The second-order valence-corrected chi connectivity index (χ2v) is 5.68. The van der Waals surface area contributed by atoms with Gasteiger partial charge in [0.15, 0.2) is 5.78 Å². The molecule has 0 N–H and O–H groups in total. The lowest BCUT2D eigenvalue weighted by Crippen LogP contribution is -2.37. The van der Waals surface area contributed by atoms with E-state index in [1.807, 2.05) is 0 Å². The summed E-state index contributed by atoms with van der Waals surface area (Å²) in [6, 6.07) is 3.60. The molecule has 1 heterocycles. The van der Waals surface area contributed by atoms with Crippen LogP contribution >= 0.6 is 0 Å². The number of anilines is 1. The Morgan fingerprint density at radius 1 is 1.19 bits per heavy atom. The second kappa shape index (κ2) is 5.39. The Bertz CT molecular complexity index is 620. The van der Waals surface area contributed by atoms with Crippen LogP contribution in [0.3, 0.4) is 0 Å². The van der Waals surface area contributed by atoms with Gasteiger partial charge in [0.2, 0.25) is 0 Å². The number of Topliss-reactive ketones (excluding diaryl/α,β-unsaturated/α-hetero) is 2. The van der Waals surface area contributed by atoms with E-state index in [1.54, 1.807) is 0 Å². The van der Waals surface area contributed by atoms with Crippen LogP contribution < -0.4 is 4.90 Å². The number of rotatable bonds is 3. The summed E-state index contributed by atoms with van der Waals surface area (Å²) in [5.41, 5.74) is 0.395. The van der Waals surface area contributed by atoms with Crippen LogP contribution in [0.1, 0.15) is 42.5 Å². The van der Waals surface area contributed by atoms with Crippen molar-refractivity contribution in [1.29, 1.82) is 0 Å². The molecule has 0 aromatic heterocycles. The van der Waals surface area contributed by atoms with Gasteiger partial charge in [-0.2, -0.15) is 0 Å². The molecule has 0 radical (unpaired) electrons. The predicted octanol–water partition coefficient (Wildman–Crippen LogP) is 2.50. The molecule has 2 aliphatic rings. The number of ketones is 2. The summed E-state index contributed by atoms with van der Waals surface area (Å²) in [7, 11) is 0. The molecule has 1 aromatic rings.